The van der Waals surface area contributed by atoms with Crippen LogP contribution in [0.5, 0.6) is 0 Å². The largest absolute Gasteiger partial charge is 0.435 e. The zero-order valence-electron chi connectivity index (χ0n) is 7.83. The van der Waals surface area contributed by atoms with Gasteiger partial charge >= 0.3 is 6.09 Å². The molecule has 1 aliphatic heterocycles. The Balaban J connectivity index is 2.52. The molecule has 1 aromatic heterocycles. The fourth-order valence-electron chi connectivity index (χ4n) is 1.51. The average Bonchev–Trinajstić information content (AvgIpc) is 2.16. The number of alkyl halides is 2. The molecule has 1 aliphatic rings. The van der Waals surface area contributed by atoms with Crippen molar-refractivity contribution in [3.63, 3.8) is 0 Å². The molecule has 0 aliphatic carbocycles. The van der Waals surface area contributed by atoms with Crippen molar-refractivity contribution >= 4 is 11.9 Å². The van der Waals surface area contributed by atoms with E-state index in [0.717, 1.165) is 0 Å². The van der Waals surface area contributed by atoms with Crippen LogP contribution in [0.25, 0.3) is 0 Å². The predicted octanol–water partition coefficient (Wildman–Crippen LogP) is 2.26. The van der Waals surface area contributed by atoms with E-state index in [1.54, 1.807) is 13.0 Å². The standard InChI is InChI=1S/C9H8F2N2O2/c1-4-2-3-12-8-5(4)6(7(10)11)15-9(14)13-8/h2-3,6-7H,1H3,(H,12,13,14). The van der Waals surface area contributed by atoms with Crippen LogP contribution in [0.2, 0.25) is 0 Å². The lowest BCUT2D eigenvalue weighted by atomic mass is 10.0. The molecule has 0 bridgehead atoms. The Kier molecular flexibility index (Phi) is 2.26. The molecular weight excluding hydrogens is 206 g/mol. The van der Waals surface area contributed by atoms with Gasteiger partial charge in [-0.15, -0.1) is 0 Å². The molecule has 0 saturated carbocycles. The van der Waals surface area contributed by atoms with E-state index in [1.807, 2.05) is 0 Å². The van der Waals surface area contributed by atoms with E-state index in [1.165, 1.54) is 6.20 Å². The monoisotopic (exact) mass is 214 g/mol. The number of ether oxygens (including phenoxy) is 1. The van der Waals surface area contributed by atoms with Crippen LogP contribution in [0.15, 0.2) is 12.3 Å². The number of rotatable bonds is 1. The van der Waals surface area contributed by atoms with Gasteiger partial charge in [-0.1, -0.05) is 0 Å². The van der Waals surface area contributed by atoms with Gasteiger partial charge in [0.1, 0.15) is 5.82 Å². The topological polar surface area (TPSA) is 51.2 Å². The zero-order valence-corrected chi connectivity index (χ0v) is 7.83. The highest BCUT2D eigenvalue weighted by Gasteiger charge is 2.35. The number of carbonyl (C=O) groups is 1. The Morgan fingerprint density at radius 1 is 1.60 bits per heavy atom. The highest BCUT2D eigenvalue weighted by molar-refractivity contribution is 5.87. The number of cyclic esters (lactones) is 1. The number of nitrogens with one attached hydrogen (secondary N) is 1. The Hall–Kier alpha value is -1.72. The van der Waals surface area contributed by atoms with Crippen LogP contribution in [0.3, 0.4) is 0 Å². The van der Waals surface area contributed by atoms with Crippen LogP contribution in [-0.4, -0.2) is 17.5 Å². The Morgan fingerprint density at radius 2 is 2.33 bits per heavy atom. The molecule has 1 amide bonds. The van der Waals surface area contributed by atoms with Crippen molar-refractivity contribution in [1.82, 2.24) is 4.98 Å². The van der Waals surface area contributed by atoms with Crippen molar-refractivity contribution in [2.75, 3.05) is 5.32 Å². The van der Waals surface area contributed by atoms with Gasteiger partial charge in [0.15, 0.2) is 6.10 Å². The summed E-state index contributed by atoms with van der Waals surface area (Å²) in [6.45, 7) is 1.66. The Bertz CT molecular complexity index is 409. The maximum atomic E-state index is 12.6. The summed E-state index contributed by atoms with van der Waals surface area (Å²) < 4.78 is 29.8. The fraction of sp³-hybridized carbons (Fsp3) is 0.333. The fourth-order valence-corrected chi connectivity index (χ4v) is 1.51. The summed E-state index contributed by atoms with van der Waals surface area (Å²) in [7, 11) is 0. The summed E-state index contributed by atoms with van der Waals surface area (Å²) in [5, 5.41) is 2.28. The van der Waals surface area contributed by atoms with Crippen LogP contribution in [0.4, 0.5) is 19.4 Å². The van der Waals surface area contributed by atoms with E-state index in [2.05, 4.69) is 15.0 Å². The molecule has 0 fully saturated rings. The number of nitrogens with zero attached hydrogens (tertiary/aromatic N) is 1. The zero-order chi connectivity index (χ0) is 11.0. The number of fused-ring (bicyclic) bond motifs is 1. The lowest BCUT2D eigenvalue weighted by Gasteiger charge is -2.25. The Labute approximate surface area is 84.3 Å². The molecule has 1 N–H and O–H groups in total. The minimum atomic E-state index is -2.75. The molecule has 1 unspecified atom stereocenters. The van der Waals surface area contributed by atoms with Gasteiger partial charge < -0.3 is 4.74 Å². The summed E-state index contributed by atoms with van der Waals surface area (Å²) in [6, 6.07) is 1.59. The predicted molar refractivity (Wildman–Crippen MR) is 47.8 cm³/mol. The van der Waals surface area contributed by atoms with Gasteiger partial charge in [-0.25, -0.2) is 18.6 Å². The summed E-state index contributed by atoms with van der Waals surface area (Å²) in [6.07, 6.45) is -3.73. The van der Waals surface area contributed by atoms with E-state index in [9.17, 15) is 13.6 Å². The molecule has 2 heterocycles. The molecule has 0 aromatic carbocycles. The minimum absolute atomic E-state index is 0.150. The number of hydrogen-bond acceptors (Lipinski definition) is 3. The average molecular weight is 214 g/mol. The Morgan fingerprint density at radius 3 is 3.00 bits per heavy atom. The number of halogens is 2. The van der Waals surface area contributed by atoms with Gasteiger partial charge in [0, 0.05) is 11.8 Å². The van der Waals surface area contributed by atoms with Crippen molar-refractivity contribution in [3.05, 3.63) is 23.4 Å². The van der Waals surface area contributed by atoms with E-state index >= 15 is 0 Å². The second kappa shape index (κ2) is 3.45. The lowest BCUT2D eigenvalue weighted by molar-refractivity contribution is -0.0175. The van der Waals surface area contributed by atoms with Gasteiger partial charge in [-0.3, -0.25) is 5.32 Å². The third-order valence-corrected chi connectivity index (χ3v) is 2.18. The molecule has 1 aromatic rings. The smallest absolute Gasteiger partial charge is 0.413 e. The van der Waals surface area contributed by atoms with Crippen molar-refractivity contribution in [2.24, 2.45) is 0 Å². The van der Waals surface area contributed by atoms with Gasteiger partial charge in [0.2, 0.25) is 0 Å². The summed E-state index contributed by atoms with van der Waals surface area (Å²) in [5.41, 5.74) is 0.859. The number of anilines is 1. The third-order valence-electron chi connectivity index (χ3n) is 2.18. The summed E-state index contributed by atoms with van der Waals surface area (Å²) >= 11 is 0. The van der Waals surface area contributed by atoms with Crippen molar-refractivity contribution in [3.8, 4) is 0 Å². The number of amides is 1. The quantitative estimate of drug-likeness (QED) is 0.780. The van der Waals surface area contributed by atoms with Gasteiger partial charge in [0.25, 0.3) is 6.43 Å². The molecule has 15 heavy (non-hydrogen) atoms. The molecule has 0 radical (unpaired) electrons. The van der Waals surface area contributed by atoms with Crippen LogP contribution >= 0.6 is 0 Å². The normalized spacial score (nSPS) is 19.5. The number of aromatic nitrogens is 1. The first-order chi connectivity index (χ1) is 7.09. The van der Waals surface area contributed by atoms with E-state index in [-0.39, 0.29) is 11.4 Å². The molecule has 0 saturated heterocycles. The van der Waals surface area contributed by atoms with E-state index < -0.39 is 18.6 Å². The first-order valence-corrected chi connectivity index (χ1v) is 4.31. The number of pyridine rings is 1. The number of aryl methyl sites for hydroxylation is 1. The highest BCUT2D eigenvalue weighted by atomic mass is 19.3. The van der Waals surface area contributed by atoms with Crippen molar-refractivity contribution < 1.29 is 18.3 Å². The molecule has 80 valence electrons. The van der Waals surface area contributed by atoms with Crippen molar-refractivity contribution in [2.45, 2.75) is 19.5 Å². The van der Waals surface area contributed by atoms with E-state index in [0.29, 0.717) is 5.56 Å². The molecule has 4 nitrogen and oxygen atoms in total. The van der Waals surface area contributed by atoms with E-state index in [4.69, 9.17) is 0 Å². The first-order valence-electron chi connectivity index (χ1n) is 4.31. The second-order valence-electron chi connectivity index (χ2n) is 3.18. The maximum absolute atomic E-state index is 12.6. The molecule has 2 rings (SSSR count). The molecular formula is C9H8F2N2O2. The second-order valence-corrected chi connectivity index (χ2v) is 3.18. The van der Waals surface area contributed by atoms with Crippen molar-refractivity contribution in [1.29, 1.82) is 0 Å². The molecule has 6 heteroatoms. The third kappa shape index (κ3) is 1.62. The summed E-state index contributed by atoms with van der Waals surface area (Å²) in [5.74, 6) is 0.150. The first kappa shape index (κ1) is 9.82. The molecule has 0 spiro atoms. The maximum Gasteiger partial charge on any atom is 0.413 e. The van der Waals surface area contributed by atoms with Gasteiger partial charge in [0.05, 0.1) is 0 Å². The number of hydrogen-bond donors (Lipinski definition) is 1. The van der Waals surface area contributed by atoms with Crippen LogP contribution in [0.1, 0.15) is 17.2 Å². The molecule has 1 atom stereocenters. The lowest BCUT2D eigenvalue weighted by Crippen LogP contribution is -2.29. The van der Waals surface area contributed by atoms with Gasteiger partial charge in [-0.2, -0.15) is 0 Å². The van der Waals surface area contributed by atoms with Crippen LogP contribution < -0.4 is 5.32 Å². The number of carbonyl (C=O) groups excluding carboxylic acids is 1. The minimum Gasteiger partial charge on any atom is -0.435 e. The SMILES string of the molecule is Cc1ccnc2c1C(C(F)F)OC(=O)N2. The summed E-state index contributed by atoms with van der Waals surface area (Å²) in [4.78, 5) is 14.8. The van der Waals surface area contributed by atoms with Crippen LogP contribution in [0, 0.1) is 6.92 Å². The van der Waals surface area contributed by atoms with Gasteiger partial charge in [-0.05, 0) is 18.6 Å². The van der Waals surface area contributed by atoms with Crippen LogP contribution in [-0.2, 0) is 4.74 Å². The highest BCUT2D eigenvalue weighted by Crippen LogP contribution is 2.35.